The molecule has 0 spiro atoms. The summed E-state index contributed by atoms with van der Waals surface area (Å²) in [5.74, 6) is 5.77. The van der Waals surface area contributed by atoms with Gasteiger partial charge in [0.1, 0.15) is 0 Å². The summed E-state index contributed by atoms with van der Waals surface area (Å²) < 4.78 is 5.12. The van der Waals surface area contributed by atoms with Gasteiger partial charge in [-0.05, 0) is 41.4 Å². The van der Waals surface area contributed by atoms with E-state index < -0.39 is 0 Å². The van der Waals surface area contributed by atoms with Gasteiger partial charge in [-0.1, -0.05) is 24.0 Å². The number of rotatable bonds is 3. The number of benzene rings is 1. The lowest BCUT2D eigenvalue weighted by atomic mass is 10.1. The smallest absolute Gasteiger partial charge is 0.289 e. The summed E-state index contributed by atoms with van der Waals surface area (Å²) in [6.45, 7) is 0.775. The predicted octanol–water partition coefficient (Wildman–Crippen LogP) is 2.52. The molecule has 2 aromatic rings. The van der Waals surface area contributed by atoms with E-state index in [1.807, 2.05) is 24.3 Å². The minimum Gasteiger partial charge on any atom is -0.440 e. The van der Waals surface area contributed by atoms with E-state index in [4.69, 9.17) is 21.8 Å². The van der Waals surface area contributed by atoms with Crippen molar-refractivity contribution in [2.75, 3.05) is 13.6 Å². The molecule has 0 aliphatic carbocycles. The zero-order valence-corrected chi connectivity index (χ0v) is 12.4. The van der Waals surface area contributed by atoms with Crippen LogP contribution in [0.3, 0.4) is 0 Å². The number of nitrogens with zero attached hydrogens (tertiary/aromatic N) is 1. The van der Waals surface area contributed by atoms with Crippen LogP contribution in [0.25, 0.3) is 0 Å². The number of hydrogen-bond acceptors (Lipinski definition) is 3. The van der Waals surface area contributed by atoms with Crippen LogP contribution in [-0.4, -0.2) is 24.4 Å². The van der Waals surface area contributed by atoms with Gasteiger partial charge >= 0.3 is 0 Å². The average molecular weight is 303 g/mol. The summed E-state index contributed by atoms with van der Waals surface area (Å²) in [5, 5.41) is 0.200. The molecule has 1 aromatic carbocycles. The van der Waals surface area contributed by atoms with Crippen LogP contribution in [0.1, 0.15) is 21.7 Å². The number of nitrogens with two attached hydrogens (primary N) is 1. The van der Waals surface area contributed by atoms with Crippen LogP contribution < -0.4 is 5.73 Å². The highest BCUT2D eigenvalue weighted by molar-refractivity contribution is 6.29. The lowest BCUT2D eigenvalue weighted by Crippen LogP contribution is -2.25. The van der Waals surface area contributed by atoms with E-state index in [-0.39, 0.29) is 16.9 Å². The first kappa shape index (κ1) is 15.2. The topological polar surface area (TPSA) is 59.5 Å². The maximum atomic E-state index is 12.1. The summed E-state index contributed by atoms with van der Waals surface area (Å²) in [5.41, 5.74) is 7.21. The van der Waals surface area contributed by atoms with E-state index in [9.17, 15) is 4.79 Å². The molecule has 1 heterocycles. The van der Waals surface area contributed by atoms with Crippen LogP contribution >= 0.6 is 11.6 Å². The van der Waals surface area contributed by atoms with Gasteiger partial charge in [0.25, 0.3) is 5.91 Å². The van der Waals surface area contributed by atoms with Gasteiger partial charge in [0.2, 0.25) is 0 Å². The molecule has 0 radical (unpaired) electrons. The zero-order valence-electron chi connectivity index (χ0n) is 11.6. The third-order valence-corrected chi connectivity index (χ3v) is 3.02. The minimum absolute atomic E-state index is 0.200. The van der Waals surface area contributed by atoms with E-state index in [2.05, 4.69) is 11.8 Å². The molecule has 5 heteroatoms. The van der Waals surface area contributed by atoms with Crippen molar-refractivity contribution in [3.8, 4) is 11.8 Å². The molecule has 21 heavy (non-hydrogen) atoms. The van der Waals surface area contributed by atoms with Gasteiger partial charge in [-0.3, -0.25) is 4.79 Å². The van der Waals surface area contributed by atoms with Crippen molar-refractivity contribution in [2.45, 2.75) is 6.54 Å². The standard InChI is InChI=1S/C16H15ClN2O2/c1-19(16(20)14-7-8-15(17)21-14)11-13-5-2-4-12(10-13)6-3-9-18/h2,4-5,7-8,10H,9,11,18H2,1H3. The summed E-state index contributed by atoms with van der Waals surface area (Å²) in [4.78, 5) is 13.7. The lowest BCUT2D eigenvalue weighted by molar-refractivity contribution is 0.0753. The summed E-state index contributed by atoms with van der Waals surface area (Å²) in [6, 6.07) is 10.8. The van der Waals surface area contributed by atoms with Crippen molar-refractivity contribution < 1.29 is 9.21 Å². The third-order valence-electron chi connectivity index (χ3n) is 2.81. The number of carbonyl (C=O) groups is 1. The van der Waals surface area contributed by atoms with Crippen LogP contribution in [0.2, 0.25) is 5.22 Å². The van der Waals surface area contributed by atoms with E-state index in [0.29, 0.717) is 13.1 Å². The fourth-order valence-electron chi connectivity index (χ4n) is 1.86. The first-order chi connectivity index (χ1) is 10.1. The van der Waals surface area contributed by atoms with Gasteiger partial charge in [-0.25, -0.2) is 0 Å². The average Bonchev–Trinajstić information content (AvgIpc) is 2.91. The fraction of sp³-hybridized carbons (Fsp3) is 0.188. The summed E-state index contributed by atoms with van der Waals surface area (Å²) in [6.07, 6.45) is 0. The molecule has 1 aromatic heterocycles. The monoisotopic (exact) mass is 302 g/mol. The molecule has 0 unspecified atom stereocenters. The quantitative estimate of drug-likeness (QED) is 0.886. The molecular formula is C16H15ClN2O2. The number of carbonyl (C=O) groups excluding carboxylic acids is 1. The number of amides is 1. The van der Waals surface area contributed by atoms with E-state index in [0.717, 1.165) is 11.1 Å². The second-order valence-corrected chi connectivity index (χ2v) is 4.84. The maximum Gasteiger partial charge on any atom is 0.289 e. The number of furan rings is 1. The molecule has 2 rings (SSSR count). The van der Waals surface area contributed by atoms with E-state index in [1.165, 1.54) is 0 Å². The first-order valence-electron chi connectivity index (χ1n) is 6.39. The van der Waals surface area contributed by atoms with Crippen LogP contribution in [-0.2, 0) is 6.54 Å². The molecule has 0 bridgehead atoms. The van der Waals surface area contributed by atoms with Gasteiger partial charge < -0.3 is 15.1 Å². The first-order valence-corrected chi connectivity index (χ1v) is 6.76. The van der Waals surface area contributed by atoms with Crippen LogP contribution in [0.15, 0.2) is 40.8 Å². The molecule has 4 nitrogen and oxygen atoms in total. The van der Waals surface area contributed by atoms with Gasteiger partial charge in [0.05, 0.1) is 6.54 Å². The molecule has 0 aliphatic rings. The molecule has 0 fully saturated rings. The third kappa shape index (κ3) is 4.12. The SMILES string of the molecule is CN(Cc1cccc(C#CCN)c1)C(=O)c1ccc(Cl)o1. The molecule has 108 valence electrons. The normalized spacial score (nSPS) is 9.86. The van der Waals surface area contributed by atoms with Crippen LogP contribution in [0, 0.1) is 11.8 Å². The second kappa shape index (κ2) is 6.98. The largest absolute Gasteiger partial charge is 0.440 e. The Balaban J connectivity index is 2.08. The Morgan fingerprint density at radius 1 is 1.38 bits per heavy atom. The molecule has 0 atom stereocenters. The Morgan fingerprint density at radius 3 is 2.86 bits per heavy atom. The molecule has 1 amide bonds. The van der Waals surface area contributed by atoms with E-state index in [1.54, 1.807) is 24.1 Å². The highest BCUT2D eigenvalue weighted by Crippen LogP contribution is 2.16. The highest BCUT2D eigenvalue weighted by Gasteiger charge is 2.15. The van der Waals surface area contributed by atoms with Crippen LogP contribution in [0.5, 0.6) is 0 Å². The fourth-order valence-corrected chi connectivity index (χ4v) is 2.01. The van der Waals surface area contributed by atoms with Gasteiger partial charge in [0, 0.05) is 19.2 Å². The zero-order chi connectivity index (χ0) is 15.2. The van der Waals surface area contributed by atoms with E-state index >= 15 is 0 Å². The van der Waals surface area contributed by atoms with Gasteiger partial charge in [-0.15, -0.1) is 0 Å². The predicted molar refractivity (Wildman–Crippen MR) is 81.9 cm³/mol. The van der Waals surface area contributed by atoms with Crippen LogP contribution in [0.4, 0.5) is 0 Å². The molecule has 2 N–H and O–H groups in total. The molecule has 0 saturated carbocycles. The van der Waals surface area contributed by atoms with Crippen molar-refractivity contribution >= 4 is 17.5 Å². The Morgan fingerprint density at radius 2 is 2.19 bits per heavy atom. The summed E-state index contributed by atoms with van der Waals surface area (Å²) >= 11 is 5.68. The van der Waals surface area contributed by atoms with Gasteiger partial charge in [0.15, 0.2) is 11.0 Å². The van der Waals surface area contributed by atoms with Crippen molar-refractivity contribution in [1.29, 1.82) is 0 Å². The maximum absolute atomic E-state index is 12.1. The van der Waals surface area contributed by atoms with Crippen molar-refractivity contribution in [3.05, 3.63) is 58.5 Å². The lowest BCUT2D eigenvalue weighted by Gasteiger charge is -2.15. The molecule has 0 aliphatic heterocycles. The minimum atomic E-state index is -0.222. The van der Waals surface area contributed by atoms with Gasteiger partial charge in [-0.2, -0.15) is 0 Å². The van der Waals surface area contributed by atoms with Crippen molar-refractivity contribution in [2.24, 2.45) is 5.73 Å². The van der Waals surface area contributed by atoms with Crippen molar-refractivity contribution in [1.82, 2.24) is 4.90 Å². The highest BCUT2D eigenvalue weighted by atomic mass is 35.5. The Kier molecular flexibility index (Phi) is 5.04. The Hall–Kier alpha value is -2.22. The molecule has 0 saturated heterocycles. The van der Waals surface area contributed by atoms with Crippen molar-refractivity contribution in [3.63, 3.8) is 0 Å². The summed E-state index contributed by atoms with van der Waals surface area (Å²) in [7, 11) is 1.71. The number of hydrogen-bond donors (Lipinski definition) is 1. The Labute approximate surface area is 128 Å². The molecular weight excluding hydrogens is 288 g/mol. The second-order valence-electron chi connectivity index (χ2n) is 4.47. The Bertz CT molecular complexity index is 698. The number of halogens is 1.